The fourth-order valence-electron chi connectivity index (χ4n) is 1.38. The SMILES string of the molecule is CCOC(=O)Nc1ccc(S(=O)(=O)NC(C)C)cc1. The van der Waals surface area contributed by atoms with Crippen molar-refractivity contribution in [3.05, 3.63) is 24.3 Å². The number of nitrogens with one attached hydrogen (secondary N) is 2. The van der Waals surface area contributed by atoms with E-state index in [0.29, 0.717) is 5.69 Å². The van der Waals surface area contributed by atoms with Gasteiger partial charge in [0.25, 0.3) is 0 Å². The van der Waals surface area contributed by atoms with Crippen LogP contribution in [0.25, 0.3) is 0 Å². The van der Waals surface area contributed by atoms with E-state index in [-0.39, 0.29) is 17.5 Å². The highest BCUT2D eigenvalue weighted by Crippen LogP contribution is 2.14. The second kappa shape index (κ2) is 6.53. The third kappa shape index (κ3) is 4.88. The lowest BCUT2D eigenvalue weighted by Crippen LogP contribution is -2.30. The quantitative estimate of drug-likeness (QED) is 0.866. The van der Waals surface area contributed by atoms with Gasteiger partial charge in [-0.2, -0.15) is 0 Å². The number of benzene rings is 1. The van der Waals surface area contributed by atoms with Crippen LogP contribution in [-0.4, -0.2) is 27.2 Å². The van der Waals surface area contributed by atoms with Crippen LogP contribution in [-0.2, 0) is 14.8 Å². The number of rotatable bonds is 5. The Balaban J connectivity index is 2.79. The molecule has 1 aromatic carbocycles. The van der Waals surface area contributed by atoms with Crippen molar-refractivity contribution < 1.29 is 17.9 Å². The first-order valence-corrected chi connectivity index (χ1v) is 7.39. The van der Waals surface area contributed by atoms with E-state index in [1.54, 1.807) is 20.8 Å². The van der Waals surface area contributed by atoms with Crippen LogP contribution in [0.15, 0.2) is 29.2 Å². The van der Waals surface area contributed by atoms with Gasteiger partial charge in [-0.25, -0.2) is 17.9 Å². The summed E-state index contributed by atoms with van der Waals surface area (Å²) in [5.74, 6) is 0. The van der Waals surface area contributed by atoms with Crippen LogP contribution in [0, 0.1) is 0 Å². The molecule has 0 aliphatic rings. The summed E-state index contributed by atoms with van der Waals surface area (Å²) in [6.07, 6.45) is -0.571. The Hall–Kier alpha value is -1.60. The molecule has 0 aliphatic carbocycles. The van der Waals surface area contributed by atoms with E-state index in [2.05, 4.69) is 10.0 Å². The Morgan fingerprint density at radius 1 is 1.26 bits per heavy atom. The van der Waals surface area contributed by atoms with Crippen molar-refractivity contribution in [1.29, 1.82) is 0 Å². The maximum Gasteiger partial charge on any atom is 0.411 e. The Morgan fingerprint density at radius 2 is 1.84 bits per heavy atom. The third-order valence-corrected chi connectivity index (χ3v) is 3.75. The fraction of sp³-hybridized carbons (Fsp3) is 0.417. The number of sulfonamides is 1. The molecule has 106 valence electrons. The molecule has 19 heavy (non-hydrogen) atoms. The van der Waals surface area contributed by atoms with E-state index in [9.17, 15) is 13.2 Å². The average Bonchev–Trinajstić information content (AvgIpc) is 2.28. The molecule has 0 aliphatic heterocycles. The van der Waals surface area contributed by atoms with Crippen LogP contribution in [0.2, 0.25) is 0 Å². The van der Waals surface area contributed by atoms with Gasteiger partial charge in [0.1, 0.15) is 0 Å². The largest absolute Gasteiger partial charge is 0.450 e. The molecular formula is C12H18N2O4S. The van der Waals surface area contributed by atoms with Gasteiger partial charge in [-0.3, -0.25) is 5.32 Å². The first-order valence-electron chi connectivity index (χ1n) is 5.91. The van der Waals surface area contributed by atoms with Crippen molar-refractivity contribution in [3.8, 4) is 0 Å². The lowest BCUT2D eigenvalue weighted by Gasteiger charge is -2.10. The molecule has 1 amide bonds. The minimum atomic E-state index is -3.51. The number of carbonyl (C=O) groups is 1. The van der Waals surface area contributed by atoms with Gasteiger partial charge in [0.05, 0.1) is 11.5 Å². The maximum absolute atomic E-state index is 11.9. The molecule has 0 fully saturated rings. The summed E-state index contributed by atoms with van der Waals surface area (Å²) >= 11 is 0. The second-order valence-electron chi connectivity index (χ2n) is 4.15. The van der Waals surface area contributed by atoms with Crippen LogP contribution in [0.1, 0.15) is 20.8 Å². The average molecular weight is 286 g/mol. The number of hydrogen-bond donors (Lipinski definition) is 2. The summed E-state index contributed by atoms with van der Waals surface area (Å²) in [4.78, 5) is 11.3. The Bertz CT molecular complexity index is 523. The predicted octanol–water partition coefficient (Wildman–Crippen LogP) is 1.94. The lowest BCUT2D eigenvalue weighted by molar-refractivity contribution is 0.168. The molecule has 0 bridgehead atoms. The van der Waals surface area contributed by atoms with Gasteiger partial charge in [0.2, 0.25) is 10.0 Å². The van der Waals surface area contributed by atoms with Crippen LogP contribution < -0.4 is 10.0 Å². The number of hydrogen-bond acceptors (Lipinski definition) is 4. The van der Waals surface area contributed by atoms with Gasteiger partial charge in [-0.1, -0.05) is 0 Å². The van der Waals surface area contributed by atoms with E-state index in [4.69, 9.17) is 4.74 Å². The molecule has 1 rings (SSSR count). The molecule has 6 nitrogen and oxygen atoms in total. The number of amides is 1. The maximum atomic E-state index is 11.9. The molecule has 0 heterocycles. The zero-order chi connectivity index (χ0) is 14.5. The van der Waals surface area contributed by atoms with Crippen molar-refractivity contribution in [3.63, 3.8) is 0 Å². The molecule has 2 N–H and O–H groups in total. The molecule has 0 unspecified atom stereocenters. The molecule has 0 atom stereocenters. The smallest absolute Gasteiger partial charge is 0.411 e. The van der Waals surface area contributed by atoms with E-state index in [1.807, 2.05) is 0 Å². The minimum Gasteiger partial charge on any atom is -0.450 e. The summed E-state index contributed by atoms with van der Waals surface area (Å²) in [5, 5.41) is 2.49. The van der Waals surface area contributed by atoms with Gasteiger partial charge in [-0.15, -0.1) is 0 Å². The summed E-state index contributed by atoms with van der Waals surface area (Å²) in [6, 6.07) is 5.68. The Morgan fingerprint density at radius 3 is 2.32 bits per heavy atom. The van der Waals surface area contributed by atoms with Crippen LogP contribution in [0.4, 0.5) is 10.5 Å². The summed E-state index contributed by atoms with van der Waals surface area (Å²) < 4.78 is 30.9. The highest BCUT2D eigenvalue weighted by molar-refractivity contribution is 7.89. The topological polar surface area (TPSA) is 84.5 Å². The summed E-state index contributed by atoms with van der Waals surface area (Å²) in [5.41, 5.74) is 0.474. The molecular weight excluding hydrogens is 268 g/mol. The number of ether oxygens (including phenoxy) is 1. The van der Waals surface area contributed by atoms with Crippen molar-refractivity contribution in [2.24, 2.45) is 0 Å². The molecule has 7 heteroatoms. The zero-order valence-corrected chi connectivity index (χ0v) is 12.0. The standard InChI is InChI=1S/C12H18N2O4S/c1-4-18-12(15)13-10-5-7-11(8-6-10)19(16,17)14-9(2)3/h5-9,14H,4H2,1-3H3,(H,13,15). The highest BCUT2D eigenvalue weighted by atomic mass is 32.2. The summed E-state index contributed by atoms with van der Waals surface area (Å²) in [6.45, 7) is 5.46. The number of carbonyl (C=O) groups excluding carboxylic acids is 1. The van der Waals surface area contributed by atoms with Gasteiger partial charge in [-0.05, 0) is 45.0 Å². The normalized spacial score (nSPS) is 11.4. The monoisotopic (exact) mass is 286 g/mol. The van der Waals surface area contributed by atoms with Gasteiger partial charge < -0.3 is 4.74 Å². The zero-order valence-electron chi connectivity index (χ0n) is 11.1. The van der Waals surface area contributed by atoms with Crippen LogP contribution in [0.3, 0.4) is 0 Å². The van der Waals surface area contributed by atoms with Gasteiger partial charge >= 0.3 is 6.09 Å². The van der Waals surface area contributed by atoms with Gasteiger partial charge in [0, 0.05) is 11.7 Å². The first-order chi connectivity index (χ1) is 8.85. The molecule has 0 spiro atoms. The Labute approximate surface area is 113 Å². The van der Waals surface area contributed by atoms with Crippen molar-refractivity contribution >= 4 is 21.8 Å². The predicted molar refractivity (Wildman–Crippen MR) is 72.5 cm³/mol. The molecule has 1 aromatic rings. The molecule has 0 aromatic heterocycles. The minimum absolute atomic E-state index is 0.149. The lowest BCUT2D eigenvalue weighted by atomic mass is 10.3. The molecule has 0 saturated carbocycles. The van der Waals surface area contributed by atoms with E-state index >= 15 is 0 Å². The van der Waals surface area contributed by atoms with E-state index in [1.165, 1.54) is 24.3 Å². The van der Waals surface area contributed by atoms with E-state index < -0.39 is 16.1 Å². The summed E-state index contributed by atoms with van der Waals surface area (Å²) in [7, 11) is -3.51. The van der Waals surface area contributed by atoms with Crippen LogP contribution in [0.5, 0.6) is 0 Å². The second-order valence-corrected chi connectivity index (χ2v) is 5.86. The first kappa shape index (κ1) is 15.5. The van der Waals surface area contributed by atoms with Crippen molar-refractivity contribution in [2.75, 3.05) is 11.9 Å². The highest BCUT2D eigenvalue weighted by Gasteiger charge is 2.15. The van der Waals surface area contributed by atoms with Crippen molar-refractivity contribution in [1.82, 2.24) is 4.72 Å². The fourth-order valence-corrected chi connectivity index (χ4v) is 2.63. The molecule has 0 radical (unpaired) electrons. The third-order valence-electron chi connectivity index (χ3n) is 2.08. The van der Waals surface area contributed by atoms with Gasteiger partial charge in [0.15, 0.2) is 0 Å². The number of anilines is 1. The Kier molecular flexibility index (Phi) is 5.31. The van der Waals surface area contributed by atoms with Crippen LogP contribution >= 0.6 is 0 Å². The van der Waals surface area contributed by atoms with E-state index in [0.717, 1.165) is 0 Å². The molecule has 0 saturated heterocycles. The van der Waals surface area contributed by atoms with Crippen molar-refractivity contribution in [2.45, 2.75) is 31.7 Å².